The Bertz CT molecular complexity index is 547. The molecule has 0 aromatic heterocycles. The molecule has 1 aromatic carbocycles. The second-order valence-corrected chi connectivity index (χ2v) is 6.10. The Morgan fingerprint density at radius 1 is 1.38 bits per heavy atom. The zero-order chi connectivity index (χ0) is 16.2. The molecule has 0 saturated heterocycles. The molecular weight excluding hydrogens is 305 g/mol. The van der Waals surface area contributed by atoms with Crippen molar-refractivity contribution in [3.05, 3.63) is 29.3 Å². The van der Waals surface area contributed by atoms with Gasteiger partial charge >= 0.3 is 6.18 Å². The van der Waals surface area contributed by atoms with E-state index in [2.05, 4.69) is 10.6 Å². The topological polar surface area (TPSA) is 58.2 Å². The molecule has 21 heavy (non-hydrogen) atoms. The lowest BCUT2D eigenvalue weighted by Gasteiger charge is -2.16. The third-order valence-electron chi connectivity index (χ3n) is 2.72. The first-order valence-electron chi connectivity index (χ1n) is 6.15. The number of anilines is 1. The monoisotopic (exact) mass is 322 g/mol. The van der Waals surface area contributed by atoms with E-state index in [1.54, 1.807) is 6.92 Å². The molecule has 0 spiro atoms. The Morgan fingerprint density at radius 2 is 2.00 bits per heavy atom. The summed E-state index contributed by atoms with van der Waals surface area (Å²) in [6.07, 6.45) is -3.06. The summed E-state index contributed by atoms with van der Waals surface area (Å²) in [5.41, 5.74) is -1.08. The average molecular weight is 322 g/mol. The number of hydrogen-bond acceptors (Lipinski definition) is 3. The molecule has 2 atom stereocenters. The molecule has 0 radical (unpaired) electrons. The van der Waals surface area contributed by atoms with Gasteiger partial charge < -0.3 is 10.6 Å². The summed E-state index contributed by atoms with van der Waals surface area (Å²) < 4.78 is 49.7. The number of nitrogens with one attached hydrogen (secondary N) is 2. The van der Waals surface area contributed by atoms with Crippen LogP contribution in [0, 0.1) is 0 Å². The zero-order valence-electron chi connectivity index (χ0n) is 11.9. The van der Waals surface area contributed by atoms with Crippen LogP contribution in [-0.4, -0.2) is 35.2 Å². The van der Waals surface area contributed by atoms with Crippen molar-refractivity contribution in [1.29, 1.82) is 0 Å². The quantitative estimate of drug-likeness (QED) is 0.874. The molecule has 0 heterocycles. The fourth-order valence-electron chi connectivity index (χ4n) is 1.84. The highest BCUT2D eigenvalue weighted by Gasteiger charge is 2.34. The molecule has 2 N–H and O–H groups in total. The molecule has 0 aliphatic rings. The molecule has 1 rings (SSSR count). The van der Waals surface area contributed by atoms with E-state index in [0.29, 0.717) is 0 Å². The Kier molecular flexibility index (Phi) is 5.77. The Morgan fingerprint density at radius 3 is 2.48 bits per heavy atom. The molecule has 0 saturated carbocycles. The van der Waals surface area contributed by atoms with Crippen LogP contribution in [0.1, 0.15) is 22.8 Å². The third-order valence-corrected chi connectivity index (χ3v) is 3.69. The minimum atomic E-state index is -4.55. The molecule has 1 amide bonds. The number of carbonyl (C=O) groups excluding carboxylic acids is 1. The average Bonchev–Trinajstić information content (AvgIpc) is 2.35. The van der Waals surface area contributed by atoms with E-state index in [-0.39, 0.29) is 23.0 Å². The molecule has 8 heteroatoms. The first-order chi connectivity index (χ1) is 9.65. The molecule has 0 aliphatic carbocycles. The standard InChI is InChI=1S/C13H17F3N2O2S/c1-8(7-21(3)20)18-12(19)9-4-5-11(17-2)10(6-9)13(14,15)16/h4-6,8,17H,7H2,1-3H3,(H,18,19). The van der Waals surface area contributed by atoms with Gasteiger partial charge in [0.05, 0.1) is 5.56 Å². The Labute approximate surface area is 123 Å². The van der Waals surface area contributed by atoms with E-state index in [9.17, 15) is 22.2 Å². The van der Waals surface area contributed by atoms with Crippen LogP contribution in [0.15, 0.2) is 18.2 Å². The van der Waals surface area contributed by atoms with Gasteiger partial charge in [0, 0.05) is 47.1 Å². The number of hydrogen-bond donors (Lipinski definition) is 2. The van der Waals surface area contributed by atoms with E-state index in [1.807, 2.05) is 0 Å². The van der Waals surface area contributed by atoms with Gasteiger partial charge in [-0.25, -0.2) is 0 Å². The number of rotatable bonds is 5. The largest absolute Gasteiger partial charge is 0.418 e. The third kappa shape index (κ3) is 5.04. The van der Waals surface area contributed by atoms with Gasteiger partial charge in [-0.2, -0.15) is 13.2 Å². The van der Waals surface area contributed by atoms with Crippen LogP contribution in [0.5, 0.6) is 0 Å². The summed E-state index contributed by atoms with van der Waals surface area (Å²) in [6.45, 7) is 1.64. The predicted octanol–water partition coefficient (Wildman–Crippen LogP) is 2.24. The van der Waals surface area contributed by atoms with Gasteiger partial charge in [0.2, 0.25) is 0 Å². The van der Waals surface area contributed by atoms with E-state index in [4.69, 9.17) is 0 Å². The van der Waals surface area contributed by atoms with Crippen molar-refractivity contribution in [1.82, 2.24) is 5.32 Å². The van der Waals surface area contributed by atoms with Crippen LogP contribution < -0.4 is 10.6 Å². The number of carbonyl (C=O) groups is 1. The lowest BCUT2D eigenvalue weighted by Crippen LogP contribution is -2.36. The van der Waals surface area contributed by atoms with Crippen LogP contribution in [0.4, 0.5) is 18.9 Å². The highest BCUT2D eigenvalue weighted by Crippen LogP contribution is 2.35. The lowest BCUT2D eigenvalue weighted by molar-refractivity contribution is -0.136. The maximum absolute atomic E-state index is 12.9. The molecule has 2 unspecified atom stereocenters. The lowest BCUT2D eigenvalue weighted by atomic mass is 10.1. The molecular formula is C13H17F3N2O2S. The normalized spacial score (nSPS) is 14.4. The smallest absolute Gasteiger partial charge is 0.388 e. The van der Waals surface area contributed by atoms with E-state index in [0.717, 1.165) is 6.07 Å². The summed E-state index contributed by atoms with van der Waals surface area (Å²) in [5, 5.41) is 4.97. The van der Waals surface area contributed by atoms with Gasteiger partial charge in [-0.1, -0.05) is 0 Å². The second-order valence-electron chi connectivity index (χ2n) is 4.62. The van der Waals surface area contributed by atoms with Crippen molar-refractivity contribution in [2.75, 3.05) is 24.4 Å². The molecule has 4 nitrogen and oxygen atoms in total. The molecule has 0 aliphatic heterocycles. The van der Waals surface area contributed by atoms with Crippen LogP contribution in [0.3, 0.4) is 0 Å². The predicted molar refractivity (Wildman–Crippen MR) is 76.9 cm³/mol. The minimum Gasteiger partial charge on any atom is -0.388 e. The second kappa shape index (κ2) is 6.93. The minimum absolute atomic E-state index is 0.0879. The molecule has 0 fully saturated rings. The van der Waals surface area contributed by atoms with Crippen LogP contribution >= 0.6 is 0 Å². The number of alkyl halides is 3. The van der Waals surface area contributed by atoms with Gasteiger partial charge in [0.25, 0.3) is 5.91 Å². The summed E-state index contributed by atoms with van der Waals surface area (Å²) in [7, 11) is 0.281. The Hall–Kier alpha value is -1.57. The van der Waals surface area contributed by atoms with Crippen LogP contribution in [0.2, 0.25) is 0 Å². The molecule has 0 bridgehead atoms. The number of benzene rings is 1. The molecule has 118 valence electrons. The number of halogens is 3. The maximum atomic E-state index is 12.9. The highest BCUT2D eigenvalue weighted by atomic mass is 32.2. The summed E-state index contributed by atoms with van der Waals surface area (Å²) in [6, 6.07) is 2.94. The number of amides is 1. The zero-order valence-corrected chi connectivity index (χ0v) is 12.7. The van der Waals surface area contributed by atoms with E-state index >= 15 is 0 Å². The fourth-order valence-corrected chi connectivity index (χ4v) is 2.63. The Balaban J connectivity index is 2.98. The van der Waals surface area contributed by atoms with Crippen LogP contribution in [0.25, 0.3) is 0 Å². The summed E-state index contributed by atoms with van der Waals surface area (Å²) >= 11 is 0. The van der Waals surface area contributed by atoms with E-state index < -0.39 is 28.4 Å². The van der Waals surface area contributed by atoms with Crippen molar-refractivity contribution in [3.63, 3.8) is 0 Å². The van der Waals surface area contributed by atoms with Crippen molar-refractivity contribution in [3.8, 4) is 0 Å². The van der Waals surface area contributed by atoms with Gasteiger partial charge in [-0.05, 0) is 25.1 Å². The van der Waals surface area contributed by atoms with Crippen molar-refractivity contribution >= 4 is 22.4 Å². The fraction of sp³-hybridized carbons (Fsp3) is 0.462. The van der Waals surface area contributed by atoms with Gasteiger partial charge in [0.15, 0.2) is 0 Å². The maximum Gasteiger partial charge on any atom is 0.418 e. The SMILES string of the molecule is CNc1ccc(C(=O)NC(C)CS(C)=O)cc1C(F)(F)F. The molecule has 1 aromatic rings. The first kappa shape index (κ1) is 17.5. The summed E-state index contributed by atoms with van der Waals surface area (Å²) in [5.74, 6) is -0.381. The van der Waals surface area contributed by atoms with E-state index in [1.165, 1.54) is 25.4 Å². The van der Waals surface area contributed by atoms with Crippen molar-refractivity contribution in [2.45, 2.75) is 19.1 Å². The highest BCUT2D eigenvalue weighted by molar-refractivity contribution is 7.84. The first-order valence-corrected chi connectivity index (χ1v) is 7.87. The van der Waals surface area contributed by atoms with Crippen molar-refractivity contribution in [2.24, 2.45) is 0 Å². The van der Waals surface area contributed by atoms with Gasteiger partial charge in [-0.3, -0.25) is 9.00 Å². The van der Waals surface area contributed by atoms with Gasteiger partial charge in [0.1, 0.15) is 0 Å². The summed E-state index contributed by atoms with van der Waals surface area (Å²) in [4.78, 5) is 11.9. The van der Waals surface area contributed by atoms with Gasteiger partial charge in [-0.15, -0.1) is 0 Å². The van der Waals surface area contributed by atoms with Crippen LogP contribution in [-0.2, 0) is 17.0 Å². The van der Waals surface area contributed by atoms with Crippen molar-refractivity contribution < 1.29 is 22.2 Å².